The van der Waals surface area contributed by atoms with Gasteiger partial charge in [-0.2, -0.15) is 0 Å². The summed E-state index contributed by atoms with van der Waals surface area (Å²) in [5.74, 6) is -0.480. The fraction of sp³-hybridized carbons (Fsp3) is 0.444. The molecule has 0 aliphatic heterocycles. The van der Waals surface area contributed by atoms with Crippen LogP contribution in [0.1, 0.15) is 51.0 Å². The van der Waals surface area contributed by atoms with Crippen molar-refractivity contribution in [3.05, 3.63) is 48.0 Å². The number of halogens is 2. The lowest BCUT2D eigenvalue weighted by Crippen LogP contribution is -2.15. The highest BCUT2D eigenvalue weighted by atomic mass is 32.2. The number of anilines is 1. The summed E-state index contributed by atoms with van der Waals surface area (Å²) >= 11 is 1.19. The average molecular weight is 562 g/mol. The number of carbonyl (C=O) groups excluding carboxylic acids is 1. The summed E-state index contributed by atoms with van der Waals surface area (Å²) in [5.41, 5.74) is 1.27. The number of thiazole rings is 1. The van der Waals surface area contributed by atoms with Crippen molar-refractivity contribution in [3.8, 4) is 5.88 Å². The number of pyridine rings is 1. The second kappa shape index (κ2) is 11.1. The van der Waals surface area contributed by atoms with E-state index in [9.17, 15) is 22.0 Å². The number of rotatable bonds is 10. The molecule has 0 bridgehead atoms. The van der Waals surface area contributed by atoms with Crippen LogP contribution in [0.25, 0.3) is 15.9 Å². The van der Waals surface area contributed by atoms with Crippen molar-refractivity contribution in [1.29, 1.82) is 0 Å². The molecule has 202 valence electrons. The molecule has 38 heavy (non-hydrogen) atoms. The second-order valence-electron chi connectivity index (χ2n) is 9.76. The van der Waals surface area contributed by atoms with Crippen LogP contribution in [0.3, 0.4) is 0 Å². The molecule has 1 unspecified atom stereocenters. The Bertz CT molecular complexity index is 1440. The Morgan fingerprint density at radius 1 is 1.11 bits per heavy atom. The Kier molecular flexibility index (Phi) is 7.76. The lowest BCUT2D eigenvalue weighted by molar-refractivity contribution is -0.111. The van der Waals surface area contributed by atoms with E-state index in [2.05, 4.69) is 22.2 Å². The highest BCUT2D eigenvalue weighted by Gasteiger charge is 2.37. The van der Waals surface area contributed by atoms with Gasteiger partial charge in [0.05, 0.1) is 16.8 Å². The van der Waals surface area contributed by atoms with Gasteiger partial charge in [0.2, 0.25) is 5.88 Å². The van der Waals surface area contributed by atoms with Crippen LogP contribution in [0.2, 0.25) is 0 Å². The minimum atomic E-state index is -3.38. The van der Waals surface area contributed by atoms with E-state index in [0.717, 1.165) is 12.8 Å². The summed E-state index contributed by atoms with van der Waals surface area (Å²) in [6.07, 6.45) is 1.63. The largest absolute Gasteiger partial charge is 0.478 e. The van der Waals surface area contributed by atoms with Gasteiger partial charge in [0.1, 0.15) is 22.7 Å². The standard InChI is InChI=1S/C27H29F2N3O4S2/c1-2-3-12-36-24-11-10-23-26(31-24)37-27(30-23)32-25(33)20(13-16-14-21(28)22(29)15-16)17-4-6-18(7-5-17)38(34,35)19-8-9-19/h4-7,10-11,13,16,19,21-22H,2-3,8-9,12,14-15H2,1H3,(H,30,32,33)/b20-13+/t16?,21-,22+. The zero-order chi connectivity index (χ0) is 26.9. The molecule has 0 saturated heterocycles. The number of benzene rings is 1. The van der Waals surface area contributed by atoms with Crippen molar-refractivity contribution >= 4 is 48.1 Å². The Labute approximate surface area is 224 Å². The van der Waals surface area contributed by atoms with E-state index >= 15 is 0 Å². The molecular weight excluding hydrogens is 532 g/mol. The van der Waals surface area contributed by atoms with Gasteiger partial charge >= 0.3 is 0 Å². The maximum Gasteiger partial charge on any atom is 0.257 e. The monoisotopic (exact) mass is 561 g/mol. The molecule has 2 saturated carbocycles. The summed E-state index contributed by atoms with van der Waals surface area (Å²) in [6, 6.07) is 9.59. The van der Waals surface area contributed by atoms with Crippen molar-refractivity contribution < 1.29 is 26.7 Å². The normalized spacial score (nSPS) is 22.1. The molecule has 0 radical (unpaired) electrons. The van der Waals surface area contributed by atoms with E-state index in [4.69, 9.17) is 4.74 Å². The third-order valence-electron chi connectivity index (χ3n) is 6.75. The van der Waals surface area contributed by atoms with Gasteiger partial charge in [-0.15, -0.1) is 0 Å². The van der Waals surface area contributed by atoms with Crippen LogP contribution in [-0.4, -0.2) is 48.5 Å². The molecule has 2 fully saturated rings. The van der Waals surface area contributed by atoms with Gasteiger partial charge in [-0.1, -0.05) is 42.9 Å². The first-order valence-corrected chi connectivity index (χ1v) is 15.2. The Morgan fingerprint density at radius 2 is 1.82 bits per heavy atom. The van der Waals surface area contributed by atoms with Crippen LogP contribution in [0, 0.1) is 5.92 Å². The topological polar surface area (TPSA) is 98.2 Å². The number of aromatic nitrogens is 2. The number of hydrogen-bond donors (Lipinski definition) is 1. The third kappa shape index (κ3) is 5.88. The number of unbranched alkanes of at least 4 members (excludes halogenated alkanes) is 1. The molecule has 2 heterocycles. The molecule has 3 aromatic rings. The van der Waals surface area contributed by atoms with Crippen LogP contribution in [0.15, 0.2) is 47.4 Å². The summed E-state index contributed by atoms with van der Waals surface area (Å²) in [6.45, 7) is 2.64. The first-order valence-electron chi connectivity index (χ1n) is 12.8. The smallest absolute Gasteiger partial charge is 0.257 e. The number of amides is 1. The number of nitrogens with one attached hydrogen (secondary N) is 1. The fourth-order valence-electron chi connectivity index (χ4n) is 4.46. The fourth-order valence-corrected chi connectivity index (χ4v) is 6.94. The number of fused-ring (bicyclic) bond motifs is 1. The lowest BCUT2D eigenvalue weighted by atomic mass is 9.98. The average Bonchev–Trinajstić information content (AvgIpc) is 3.61. The first kappa shape index (κ1) is 26.7. The summed E-state index contributed by atoms with van der Waals surface area (Å²) < 4.78 is 58.6. The van der Waals surface area contributed by atoms with Crippen molar-refractivity contribution in [2.24, 2.45) is 5.92 Å². The van der Waals surface area contributed by atoms with Crippen LogP contribution in [-0.2, 0) is 14.6 Å². The number of carbonyl (C=O) groups is 1. The van der Waals surface area contributed by atoms with E-state index in [0.29, 0.717) is 46.4 Å². The van der Waals surface area contributed by atoms with E-state index in [1.165, 1.54) is 23.5 Å². The maximum absolute atomic E-state index is 13.9. The predicted octanol–water partition coefficient (Wildman–Crippen LogP) is 5.91. The highest BCUT2D eigenvalue weighted by Crippen LogP contribution is 2.36. The minimum absolute atomic E-state index is 0.0159. The molecule has 1 amide bonds. The van der Waals surface area contributed by atoms with Crippen molar-refractivity contribution in [3.63, 3.8) is 0 Å². The molecule has 7 nitrogen and oxygen atoms in total. The van der Waals surface area contributed by atoms with Crippen LogP contribution < -0.4 is 10.1 Å². The molecule has 0 spiro atoms. The number of nitrogens with zero attached hydrogens (tertiary/aromatic N) is 2. The van der Waals surface area contributed by atoms with Crippen molar-refractivity contribution in [2.75, 3.05) is 11.9 Å². The molecule has 1 N–H and O–H groups in total. The molecule has 11 heteroatoms. The molecule has 3 atom stereocenters. The summed E-state index contributed by atoms with van der Waals surface area (Å²) in [7, 11) is -3.38. The molecular formula is C27H29F2N3O4S2. The summed E-state index contributed by atoms with van der Waals surface area (Å²) in [4.78, 5) is 23.1. The van der Waals surface area contributed by atoms with Crippen LogP contribution in [0.4, 0.5) is 13.9 Å². The Morgan fingerprint density at radius 3 is 2.47 bits per heavy atom. The van der Waals surface area contributed by atoms with Gasteiger partial charge in [-0.3, -0.25) is 10.1 Å². The number of hydrogen-bond acceptors (Lipinski definition) is 7. The molecule has 2 aliphatic rings. The lowest BCUT2D eigenvalue weighted by Gasteiger charge is -2.12. The Hall–Kier alpha value is -2.92. The van der Waals surface area contributed by atoms with Gasteiger partial charge < -0.3 is 4.74 Å². The molecule has 2 aromatic heterocycles. The van der Waals surface area contributed by atoms with Crippen LogP contribution >= 0.6 is 11.3 Å². The van der Waals surface area contributed by atoms with Gasteiger partial charge in [0.15, 0.2) is 15.0 Å². The minimum Gasteiger partial charge on any atom is -0.478 e. The third-order valence-corrected chi connectivity index (χ3v) is 9.91. The van der Waals surface area contributed by atoms with Gasteiger partial charge in [0.25, 0.3) is 5.91 Å². The first-order chi connectivity index (χ1) is 18.2. The zero-order valence-electron chi connectivity index (χ0n) is 20.9. The predicted molar refractivity (Wildman–Crippen MR) is 144 cm³/mol. The van der Waals surface area contributed by atoms with Crippen molar-refractivity contribution in [2.45, 2.75) is 67.9 Å². The Balaban J connectivity index is 1.39. The van der Waals surface area contributed by atoms with Crippen molar-refractivity contribution in [1.82, 2.24) is 9.97 Å². The number of sulfone groups is 1. The number of ether oxygens (including phenoxy) is 1. The van der Waals surface area contributed by atoms with E-state index < -0.39 is 34.0 Å². The zero-order valence-corrected chi connectivity index (χ0v) is 22.5. The molecule has 2 aliphatic carbocycles. The van der Waals surface area contributed by atoms with E-state index in [1.54, 1.807) is 30.3 Å². The van der Waals surface area contributed by atoms with E-state index in [1.807, 2.05) is 0 Å². The molecule has 1 aromatic carbocycles. The van der Waals surface area contributed by atoms with Gasteiger partial charge in [-0.25, -0.2) is 27.2 Å². The van der Waals surface area contributed by atoms with Crippen LogP contribution in [0.5, 0.6) is 5.88 Å². The van der Waals surface area contributed by atoms with E-state index in [-0.39, 0.29) is 28.6 Å². The number of alkyl halides is 2. The SMILES string of the molecule is CCCCOc1ccc2nc(NC(=O)/C(=C/C3C[C@@H](F)[C@@H](F)C3)c3ccc(S(=O)(=O)C4CC4)cc3)sc2n1. The number of allylic oxidation sites excluding steroid dienone is 1. The maximum atomic E-state index is 13.9. The quantitative estimate of drug-likeness (QED) is 0.244. The van der Waals surface area contributed by atoms with Gasteiger partial charge in [-0.05, 0) is 61.8 Å². The van der Waals surface area contributed by atoms with Gasteiger partial charge in [0, 0.05) is 11.6 Å². The second-order valence-corrected chi connectivity index (χ2v) is 13.0. The highest BCUT2D eigenvalue weighted by molar-refractivity contribution is 7.92. The molecule has 5 rings (SSSR count). The summed E-state index contributed by atoms with van der Waals surface area (Å²) in [5, 5.41) is 2.76.